The number of benzene rings is 1. The first-order valence-electron chi connectivity index (χ1n) is 5.42. The molecule has 0 aliphatic heterocycles. The molecule has 90 valence electrons. The molecule has 0 unspecified atom stereocenters. The van der Waals surface area contributed by atoms with Gasteiger partial charge in [0.1, 0.15) is 11.5 Å². The summed E-state index contributed by atoms with van der Waals surface area (Å²) in [5, 5.41) is 4.41. The van der Waals surface area contributed by atoms with Gasteiger partial charge in [-0.05, 0) is 47.2 Å². The summed E-state index contributed by atoms with van der Waals surface area (Å²) in [6.45, 7) is 1.95. The Morgan fingerprint density at radius 3 is 2.83 bits per heavy atom. The maximum absolute atomic E-state index is 13.8. The van der Waals surface area contributed by atoms with E-state index in [2.05, 4.69) is 32.7 Å². The van der Waals surface area contributed by atoms with Gasteiger partial charge in [0, 0.05) is 18.0 Å². The van der Waals surface area contributed by atoms with Gasteiger partial charge in [0.05, 0.1) is 3.57 Å². The zero-order chi connectivity index (χ0) is 12.7. The van der Waals surface area contributed by atoms with Crippen molar-refractivity contribution in [2.24, 2.45) is 0 Å². The Kier molecular flexibility index (Phi) is 2.77. The van der Waals surface area contributed by atoms with Crippen molar-refractivity contribution in [3.8, 4) is 11.3 Å². The predicted molar refractivity (Wildman–Crippen MR) is 75.8 cm³/mol. The standard InChI is InChI=1S/C13H9FIN3/c1-8-6-16-13-11(15)12(17-18(13)7-8)9-4-2-3-5-10(9)14/h2-7H,1H3. The number of nitrogens with zero attached hydrogens (tertiary/aromatic N) is 3. The summed E-state index contributed by atoms with van der Waals surface area (Å²) in [4.78, 5) is 4.33. The van der Waals surface area contributed by atoms with Crippen molar-refractivity contribution in [1.29, 1.82) is 0 Å². The highest BCUT2D eigenvalue weighted by atomic mass is 127. The van der Waals surface area contributed by atoms with Crippen LogP contribution >= 0.6 is 22.6 Å². The van der Waals surface area contributed by atoms with E-state index in [1.165, 1.54) is 6.07 Å². The van der Waals surface area contributed by atoms with Gasteiger partial charge in [-0.1, -0.05) is 12.1 Å². The summed E-state index contributed by atoms with van der Waals surface area (Å²) >= 11 is 2.15. The molecule has 0 saturated carbocycles. The summed E-state index contributed by atoms with van der Waals surface area (Å²) in [7, 11) is 0. The van der Waals surface area contributed by atoms with E-state index in [0.29, 0.717) is 11.3 Å². The van der Waals surface area contributed by atoms with Gasteiger partial charge in [0.15, 0.2) is 5.65 Å². The Morgan fingerprint density at radius 2 is 2.06 bits per heavy atom. The van der Waals surface area contributed by atoms with Gasteiger partial charge in [-0.25, -0.2) is 13.9 Å². The number of aryl methyl sites for hydroxylation is 1. The molecule has 0 spiro atoms. The van der Waals surface area contributed by atoms with Crippen LogP contribution in [0.3, 0.4) is 0 Å². The van der Waals surface area contributed by atoms with Crippen LogP contribution in [-0.2, 0) is 0 Å². The van der Waals surface area contributed by atoms with Gasteiger partial charge in [0.25, 0.3) is 0 Å². The van der Waals surface area contributed by atoms with Gasteiger partial charge in [-0.2, -0.15) is 5.10 Å². The smallest absolute Gasteiger partial charge is 0.169 e. The average Bonchev–Trinajstić information content (AvgIpc) is 2.67. The van der Waals surface area contributed by atoms with E-state index in [0.717, 1.165) is 14.8 Å². The number of fused-ring (bicyclic) bond motifs is 1. The SMILES string of the molecule is Cc1cnc2c(I)c(-c3ccccc3F)nn2c1. The highest BCUT2D eigenvalue weighted by molar-refractivity contribution is 14.1. The number of hydrogen-bond acceptors (Lipinski definition) is 2. The Bertz CT molecular complexity index is 736. The molecule has 0 radical (unpaired) electrons. The fraction of sp³-hybridized carbons (Fsp3) is 0.0769. The maximum atomic E-state index is 13.8. The molecule has 0 aliphatic rings. The lowest BCUT2D eigenvalue weighted by Crippen LogP contribution is -1.91. The Labute approximate surface area is 117 Å². The van der Waals surface area contributed by atoms with Crippen LogP contribution in [-0.4, -0.2) is 14.6 Å². The van der Waals surface area contributed by atoms with Crippen LogP contribution in [0.4, 0.5) is 4.39 Å². The molecule has 0 saturated heterocycles. The molecule has 2 aromatic heterocycles. The topological polar surface area (TPSA) is 30.2 Å². The molecule has 1 aromatic carbocycles. The first-order valence-corrected chi connectivity index (χ1v) is 6.50. The highest BCUT2D eigenvalue weighted by Crippen LogP contribution is 2.28. The lowest BCUT2D eigenvalue weighted by molar-refractivity contribution is 0.630. The fourth-order valence-electron chi connectivity index (χ4n) is 1.83. The van der Waals surface area contributed by atoms with Crippen molar-refractivity contribution in [2.45, 2.75) is 6.92 Å². The van der Waals surface area contributed by atoms with E-state index in [1.807, 2.05) is 13.1 Å². The van der Waals surface area contributed by atoms with Crippen LogP contribution in [0.15, 0.2) is 36.7 Å². The summed E-state index contributed by atoms with van der Waals surface area (Å²) in [6, 6.07) is 6.64. The van der Waals surface area contributed by atoms with E-state index in [9.17, 15) is 4.39 Å². The number of hydrogen-bond donors (Lipinski definition) is 0. The van der Waals surface area contributed by atoms with Gasteiger partial charge in [-0.3, -0.25) is 0 Å². The Balaban J connectivity index is 2.31. The lowest BCUT2D eigenvalue weighted by Gasteiger charge is -1.98. The second-order valence-corrected chi connectivity index (χ2v) is 5.12. The molecule has 0 amide bonds. The monoisotopic (exact) mass is 353 g/mol. The van der Waals surface area contributed by atoms with E-state index in [1.54, 1.807) is 28.9 Å². The van der Waals surface area contributed by atoms with Gasteiger partial charge >= 0.3 is 0 Å². The second-order valence-electron chi connectivity index (χ2n) is 4.04. The molecule has 0 bridgehead atoms. The quantitative estimate of drug-likeness (QED) is 0.628. The minimum atomic E-state index is -0.268. The van der Waals surface area contributed by atoms with Gasteiger partial charge in [0.2, 0.25) is 0 Å². The van der Waals surface area contributed by atoms with Crippen molar-refractivity contribution in [1.82, 2.24) is 14.6 Å². The lowest BCUT2D eigenvalue weighted by atomic mass is 10.1. The van der Waals surface area contributed by atoms with Crippen molar-refractivity contribution in [3.05, 3.63) is 51.6 Å². The molecule has 0 atom stereocenters. The van der Waals surface area contributed by atoms with Crippen LogP contribution in [0.2, 0.25) is 0 Å². The van der Waals surface area contributed by atoms with Gasteiger partial charge in [-0.15, -0.1) is 0 Å². The van der Waals surface area contributed by atoms with E-state index < -0.39 is 0 Å². The predicted octanol–water partition coefficient (Wildman–Crippen LogP) is 3.45. The normalized spacial score (nSPS) is 11.1. The minimum Gasteiger partial charge on any atom is -0.236 e. The van der Waals surface area contributed by atoms with Crippen molar-refractivity contribution in [3.63, 3.8) is 0 Å². The first-order chi connectivity index (χ1) is 8.66. The van der Waals surface area contributed by atoms with Crippen LogP contribution in [0.1, 0.15) is 5.56 Å². The molecule has 0 fully saturated rings. The largest absolute Gasteiger partial charge is 0.236 e. The molecule has 0 aliphatic carbocycles. The molecule has 0 N–H and O–H groups in total. The Hall–Kier alpha value is -1.50. The molecule has 3 nitrogen and oxygen atoms in total. The molecular weight excluding hydrogens is 344 g/mol. The summed E-state index contributed by atoms with van der Waals surface area (Å²) in [5.41, 5.74) is 2.90. The molecule has 3 aromatic rings. The molecule has 18 heavy (non-hydrogen) atoms. The van der Waals surface area contributed by atoms with Crippen molar-refractivity contribution in [2.75, 3.05) is 0 Å². The van der Waals surface area contributed by atoms with Crippen LogP contribution in [0.25, 0.3) is 16.9 Å². The van der Waals surface area contributed by atoms with E-state index >= 15 is 0 Å². The second kappa shape index (κ2) is 4.31. The number of rotatable bonds is 1. The summed E-state index contributed by atoms with van der Waals surface area (Å²) in [5.74, 6) is -0.268. The minimum absolute atomic E-state index is 0.268. The third-order valence-electron chi connectivity index (χ3n) is 2.67. The highest BCUT2D eigenvalue weighted by Gasteiger charge is 2.15. The maximum Gasteiger partial charge on any atom is 0.169 e. The first kappa shape index (κ1) is 11.6. The molecule has 2 heterocycles. The zero-order valence-electron chi connectivity index (χ0n) is 9.56. The average molecular weight is 353 g/mol. The fourth-order valence-corrected chi connectivity index (χ4v) is 2.61. The summed E-state index contributed by atoms with van der Waals surface area (Å²) < 4.78 is 16.3. The molecular formula is C13H9FIN3. The summed E-state index contributed by atoms with van der Waals surface area (Å²) in [6.07, 6.45) is 3.67. The van der Waals surface area contributed by atoms with Crippen molar-refractivity contribution >= 4 is 28.2 Å². The number of aromatic nitrogens is 3. The third kappa shape index (κ3) is 1.78. The Morgan fingerprint density at radius 1 is 1.28 bits per heavy atom. The molecule has 3 rings (SSSR count). The van der Waals surface area contributed by atoms with E-state index in [-0.39, 0.29) is 5.82 Å². The van der Waals surface area contributed by atoms with Crippen LogP contribution < -0.4 is 0 Å². The third-order valence-corrected chi connectivity index (χ3v) is 3.67. The van der Waals surface area contributed by atoms with Crippen LogP contribution in [0.5, 0.6) is 0 Å². The van der Waals surface area contributed by atoms with Crippen LogP contribution in [0, 0.1) is 16.3 Å². The number of halogens is 2. The van der Waals surface area contributed by atoms with E-state index in [4.69, 9.17) is 0 Å². The molecule has 5 heteroatoms. The van der Waals surface area contributed by atoms with Crippen molar-refractivity contribution < 1.29 is 4.39 Å². The zero-order valence-corrected chi connectivity index (χ0v) is 11.7. The van der Waals surface area contributed by atoms with Gasteiger partial charge < -0.3 is 0 Å².